The van der Waals surface area contributed by atoms with Crippen LogP contribution >= 0.6 is 11.8 Å². The number of carbonyl (C=O) groups excluding carboxylic acids is 1. The molecule has 1 fully saturated rings. The molecular formula is C26H24N2O7S. The summed E-state index contributed by atoms with van der Waals surface area (Å²) in [6, 6.07) is 15.8. The lowest BCUT2D eigenvalue weighted by Gasteiger charge is -2.14. The minimum atomic E-state index is -1.09. The van der Waals surface area contributed by atoms with Crippen molar-refractivity contribution in [1.82, 2.24) is 4.90 Å². The summed E-state index contributed by atoms with van der Waals surface area (Å²) < 4.78 is 21.5. The van der Waals surface area contributed by atoms with Gasteiger partial charge in [0.1, 0.15) is 11.5 Å². The standard InChI is InChI=1S/C26H24N2O7S/c1-16(25(30)31)35-21-11-6-17(13-22(21)33-3)14-23-24(29)28(15-20-5-4-12-34-20)26(36-23)27-18-7-9-19(32-2)10-8-18/h4-14,16H,15H2,1-3H3,(H,30,31)/b23-14-,27-26?/t16-/m0/s1. The topological polar surface area (TPSA) is 111 Å². The maximum absolute atomic E-state index is 13.4. The molecule has 2 aromatic carbocycles. The summed E-state index contributed by atoms with van der Waals surface area (Å²) in [4.78, 5) is 31.2. The van der Waals surface area contributed by atoms with E-state index < -0.39 is 12.1 Å². The van der Waals surface area contributed by atoms with E-state index in [2.05, 4.69) is 4.99 Å². The lowest BCUT2D eigenvalue weighted by atomic mass is 10.1. The molecule has 1 amide bonds. The number of methoxy groups -OCH3 is 2. The van der Waals surface area contributed by atoms with E-state index in [0.717, 1.165) is 0 Å². The Morgan fingerprint density at radius 1 is 1.14 bits per heavy atom. The molecule has 1 aromatic heterocycles. The van der Waals surface area contributed by atoms with Gasteiger partial charge in [-0.2, -0.15) is 0 Å². The van der Waals surface area contributed by atoms with Gasteiger partial charge in [-0.3, -0.25) is 9.69 Å². The lowest BCUT2D eigenvalue weighted by molar-refractivity contribution is -0.144. The molecule has 36 heavy (non-hydrogen) atoms. The molecule has 0 bridgehead atoms. The largest absolute Gasteiger partial charge is 0.497 e. The highest BCUT2D eigenvalue weighted by Crippen LogP contribution is 2.37. The van der Waals surface area contributed by atoms with Gasteiger partial charge < -0.3 is 23.7 Å². The number of carbonyl (C=O) groups is 2. The predicted octanol–water partition coefficient (Wildman–Crippen LogP) is 4.95. The van der Waals surface area contributed by atoms with Crippen molar-refractivity contribution < 1.29 is 33.3 Å². The molecule has 0 saturated carbocycles. The average Bonchev–Trinajstić information content (AvgIpc) is 3.49. The minimum absolute atomic E-state index is 0.220. The highest BCUT2D eigenvalue weighted by Gasteiger charge is 2.34. The molecule has 0 radical (unpaired) electrons. The molecule has 0 aliphatic carbocycles. The summed E-state index contributed by atoms with van der Waals surface area (Å²) in [6.45, 7) is 1.66. The van der Waals surface area contributed by atoms with Gasteiger partial charge in [-0.25, -0.2) is 9.79 Å². The number of aliphatic carboxylic acids is 1. The number of thioether (sulfide) groups is 1. The van der Waals surface area contributed by atoms with E-state index in [4.69, 9.17) is 23.7 Å². The molecule has 0 spiro atoms. The first-order valence-corrected chi connectivity index (χ1v) is 11.7. The van der Waals surface area contributed by atoms with E-state index in [0.29, 0.717) is 44.3 Å². The molecule has 0 unspecified atom stereocenters. The van der Waals surface area contributed by atoms with E-state index >= 15 is 0 Å². The first-order valence-electron chi connectivity index (χ1n) is 10.9. The number of furan rings is 1. The van der Waals surface area contributed by atoms with Crippen molar-refractivity contribution in [3.63, 3.8) is 0 Å². The first-order chi connectivity index (χ1) is 17.4. The maximum atomic E-state index is 13.4. The molecule has 10 heteroatoms. The number of amides is 1. The van der Waals surface area contributed by atoms with Crippen molar-refractivity contribution in [2.75, 3.05) is 14.2 Å². The van der Waals surface area contributed by atoms with Gasteiger partial charge in [-0.05, 0) is 78.9 Å². The smallest absolute Gasteiger partial charge is 0.344 e. The molecule has 9 nitrogen and oxygen atoms in total. The summed E-state index contributed by atoms with van der Waals surface area (Å²) >= 11 is 1.25. The number of rotatable bonds is 9. The van der Waals surface area contributed by atoms with E-state index in [-0.39, 0.29) is 12.5 Å². The summed E-state index contributed by atoms with van der Waals surface area (Å²) in [7, 11) is 3.06. The number of nitrogens with zero attached hydrogens (tertiary/aromatic N) is 2. The second kappa shape index (κ2) is 11.0. The molecule has 1 aliphatic heterocycles. The second-order valence-electron chi connectivity index (χ2n) is 7.68. The average molecular weight is 509 g/mol. The number of carboxylic acids is 1. The third-order valence-corrected chi connectivity index (χ3v) is 6.22. The van der Waals surface area contributed by atoms with Gasteiger partial charge in [0, 0.05) is 0 Å². The van der Waals surface area contributed by atoms with Gasteiger partial charge in [0.25, 0.3) is 5.91 Å². The molecular weight excluding hydrogens is 484 g/mol. The first kappa shape index (κ1) is 24.9. The third-order valence-electron chi connectivity index (χ3n) is 5.22. The zero-order chi connectivity index (χ0) is 25.7. The molecule has 1 saturated heterocycles. The maximum Gasteiger partial charge on any atom is 0.344 e. The molecule has 3 aromatic rings. The Morgan fingerprint density at radius 2 is 1.92 bits per heavy atom. The summed E-state index contributed by atoms with van der Waals surface area (Å²) in [5.41, 5.74) is 1.36. The highest BCUT2D eigenvalue weighted by molar-refractivity contribution is 8.18. The van der Waals surface area contributed by atoms with E-state index in [1.807, 2.05) is 12.1 Å². The summed E-state index contributed by atoms with van der Waals surface area (Å²) in [6.07, 6.45) is 2.24. The molecule has 1 N–H and O–H groups in total. The van der Waals surface area contributed by atoms with Crippen LogP contribution in [-0.2, 0) is 16.1 Å². The van der Waals surface area contributed by atoms with E-state index in [1.165, 1.54) is 25.8 Å². The van der Waals surface area contributed by atoms with Crippen LogP contribution in [0.2, 0.25) is 0 Å². The molecule has 4 rings (SSSR count). The number of aliphatic imine (C=N–C) groups is 1. The molecule has 186 valence electrons. The van der Waals surface area contributed by atoms with Crippen LogP contribution in [-0.4, -0.2) is 47.4 Å². The van der Waals surface area contributed by atoms with Crippen LogP contribution in [0.4, 0.5) is 5.69 Å². The van der Waals surface area contributed by atoms with Crippen LogP contribution < -0.4 is 14.2 Å². The van der Waals surface area contributed by atoms with Gasteiger partial charge in [-0.15, -0.1) is 0 Å². The van der Waals surface area contributed by atoms with Crippen LogP contribution in [0.5, 0.6) is 17.2 Å². The van der Waals surface area contributed by atoms with Crippen molar-refractivity contribution in [3.8, 4) is 17.2 Å². The zero-order valence-corrected chi connectivity index (χ0v) is 20.7. The minimum Gasteiger partial charge on any atom is -0.497 e. The second-order valence-corrected chi connectivity index (χ2v) is 8.69. The number of benzene rings is 2. The van der Waals surface area contributed by atoms with E-state index in [9.17, 15) is 9.59 Å². The molecule has 2 heterocycles. The monoisotopic (exact) mass is 508 g/mol. The number of ether oxygens (including phenoxy) is 3. The lowest BCUT2D eigenvalue weighted by Crippen LogP contribution is -2.28. The van der Waals surface area contributed by atoms with Gasteiger partial charge >= 0.3 is 5.97 Å². The van der Waals surface area contributed by atoms with Crippen molar-refractivity contribution in [3.05, 3.63) is 77.1 Å². The van der Waals surface area contributed by atoms with Gasteiger partial charge in [0.05, 0.1) is 37.6 Å². The Hall–Kier alpha value is -4.18. The Morgan fingerprint density at radius 3 is 2.56 bits per heavy atom. The quantitative estimate of drug-likeness (QED) is 0.404. The predicted molar refractivity (Wildman–Crippen MR) is 136 cm³/mol. The Balaban J connectivity index is 1.64. The Bertz CT molecular complexity index is 1300. The number of amidine groups is 1. The van der Waals surface area contributed by atoms with Crippen LogP contribution in [0.3, 0.4) is 0 Å². The van der Waals surface area contributed by atoms with E-state index in [1.54, 1.807) is 66.8 Å². The fraction of sp³-hybridized carbons (Fsp3) is 0.192. The van der Waals surface area contributed by atoms with Crippen LogP contribution in [0, 0.1) is 0 Å². The third kappa shape index (κ3) is 5.72. The Kier molecular flexibility index (Phi) is 7.65. The number of hydrogen-bond acceptors (Lipinski definition) is 8. The fourth-order valence-corrected chi connectivity index (χ4v) is 4.32. The summed E-state index contributed by atoms with van der Waals surface area (Å²) in [5, 5.41) is 9.62. The highest BCUT2D eigenvalue weighted by atomic mass is 32.2. The van der Waals surface area contributed by atoms with Crippen molar-refractivity contribution >= 4 is 40.6 Å². The zero-order valence-electron chi connectivity index (χ0n) is 19.8. The van der Waals surface area contributed by atoms with Crippen molar-refractivity contribution in [2.24, 2.45) is 4.99 Å². The van der Waals surface area contributed by atoms with Gasteiger partial charge in [-0.1, -0.05) is 6.07 Å². The molecule has 1 atom stereocenters. The van der Waals surface area contributed by atoms with Gasteiger partial charge in [0.2, 0.25) is 0 Å². The number of carboxylic acid groups (broad SMARTS) is 1. The van der Waals surface area contributed by atoms with Crippen molar-refractivity contribution in [1.29, 1.82) is 0 Å². The normalized spacial score (nSPS) is 16.4. The number of hydrogen-bond donors (Lipinski definition) is 1. The van der Waals surface area contributed by atoms with Crippen LogP contribution in [0.15, 0.2) is 75.2 Å². The van der Waals surface area contributed by atoms with Gasteiger partial charge in [0.15, 0.2) is 22.8 Å². The fourth-order valence-electron chi connectivity index (χ4n) is 3.32. The summed E-state index contributed by atoms with van der Waals surface area (Å²) in [5.74, 6) is 0.678. The molecule has 1 aliphatic rings. The Labute approximate surface area is 212 Å². The van der Waals surface area contributed by atoms with Crippen LogP contribution in [0.25, 0.3) is 6.08 Å². The van der Waals surface area contributed by atoms with Crippen LogP contribution in [0.1, 0.15) is 18.2 Å². The SMILES string of the molecule is COc1ccc(N=C2S/C(=C\c3ccc(O[C@@H](C)C(=O)O)c(OC)c3)C(=O)N2Cc2ccco2)cc1. The van der Waals surface area contributed by atoms with Crippen molar-refractivity contribution in [2.45, 2.75) is 19.6 Å².